The lowest BCUT2D eigenvalue weighted by Crippen LogP contribution is -2.55. The Morgan fingerprint density at radius 1 is 1.41 bits per heavy atom. The summed E-state index contributed by atoms with van der Waals surface area (Å²) in [4.78, 5) is 23.3. The molecule has 0 aliphatic heterocycles. The summed E-state index contributed by atoms with van der Waals surface area (Å²) in [6.07, 6.45) is 0.405. The number of carbonyl (C=O) groups is 2. The van der Waals surface area contributed by atoms with Crippen molar-refractivity contribution < 1.29 is 23.8 Å². The lowest BCUT2D eigenvalue weighted by molar-refractivity contribution is -0.148. The predicted molar refractivity (Wildman–Crippen MR) is 80.3 cm³/mol. The van der Waals surface area contributed by atoms with E-state index in [9.17, 15) is 19.1 Å². The SMILES string of the molecule is COc1ccc(CCC(=O)NC(C)(C(=O)O)C(C)C)cc1F. The molecule has 0 saturated heterocycles. The first-order valence-corrected chi connectivity index (χ1v) is 7.07. The molecule has 1 aromatic rings. The number of benzene rings is 1. The monoisotopic (exact) mass is 311 g/mol. The topological polar surface area (TPSA) is 75.6 Å². The minimum absolute atomic E-state index is 0.0847. The number of carboxylic acids is 1. The van der Waals surface area contributed by atoms with Gasteiger partial charge in [-0.25, -0.2) is 9.18 Å². The van der Waals surface area contributed by atoms with Crippen molar-refractivity contribution in [1.82, 2.24) is 5.32 Å². The molecule has 1 aromatic carbocycles. The molecule has 0 saturated carbocycles. The first-order chi connectivity index (χ1) is 10.2. The average molecular weight is 311 g/mol. The van der Waals surface area contributed by atoms with Crippen molar-refractivity contribution in [1.29, 1.82) is 0 Å². The number of halogens is 1. The Morgan fingerprint density at radius 2 is 2.05 bits per heavy atom. The maximum Gasteiger partial charge on any atom is 0.329 e. The van der Waals surface area contributed by atoms with Crippen molar-refractivity contribution in [3.05, 3.63) is 29.6 Å². The van der Waals surface area contributed by atoms with Crippen LogP contribution in [0.15, 0.2) is 18.2 Å². The molecule has 0 bridgehead atoms. The highest BCUT2D eigenvalue weighted by Crippen LogP contribution is 2.19. The van der Waals surface area contributed by atoms with Crippen LogP contribution in [0.5, 0.6) is 5.75 Å². The van der Waals surface area contributed by atoms with Gasteiger partial charge in [-0.15, -0.1) is 0 Å². The van der Waals surface area contributed by atoms with E-state index >= 15 is 0 Å². The van der Waals surface area contributed by atoms with Gasteiger partial charge < -0.3 is 15.2 Å². The van der Waals surface area contributed by atoms with Gasteiger partial charge in [0, 0.05) is 6.42 Å². The van der Waals surface area contributed by atoms with Crippen molar-refractivity contribution in [2.24, 2.45) is 5.92 Å². The zero-order chi connectivity index (χ0) is 16.9. The first kappa shape index (κ1) is 17.9. The number of methoxy groups -OCH3 is 1. The molecule has 0 aromatic heterocycles. The van der Waals surface area contributed by atoms with Gasteiger partial charge in [0.15, 0.2) is 11.6 Å². The highest BCUT2D eigenvalue weighted by atomic mass is 19.1. The van der Waals surface area contributed by atoms with Crippen molar-refractivity contribution in [2.45, 2.75) is 39.2 Å². The molecule has 0 aliphatic carbocycles. The van der Waals surface area contributed by atoms with Crippen LogP contribution in [0.4, 0.5) is 4.39 Å². The lowest BCUT2D eigenvalue weighted by Gasteiger charge is -2.30. The van der Waals surface area contributed by atoms with Crippen LogP contribution in [0.2, 0.25) is 0 Å². The number of nitrogens with one attached hydrogen (secondary N) is 1. The Hall–Kier alpha value is -2.11. The van der Waals surface area contributed by atoms with Crippen LogP contribution in [0.1, 0.15) is 32.8 Å². The number of rotatable bonds is 7. The summed E-state index contributed by atoms with van der Waals surface area (Å²) in [7, 11) is 1.38. The Balaban J connectivity index is 2.66. The number of carbonyl (C=O) groups excluding carboxylic acids is 1. The summed E-state index contributed by atoms with van der Waals surface area (Å²) >= 11 is 0. The molecule has 5 nitrogen and oxygen atoms in total. The van der Waals surface area contributed by atoms with Crippen molar-refractivity contribution in [3.63, 3.8) is 0 Å². The van der Waals surface area contributed by atoms with E-state index in [0.29, 0.717) is 12.0 Å². The minimum atomic E-state index is -1.32. The molecule has 1 unspecified atom stereocenters. The Morgan fingerprint density at radius 3 is 2.50 bits per heavy atom. The smallest absolute Gasteiger partial charge is 0.329 e. The maximum absolute atomic E-state index is 13.6. The van der Waals surface area contributed by atoms with Gasteiger partial charge in [-0.1, -0.05) is 19.9 Å². The second-order valence-corrected chi connectivity index (χ2v) is 5.68. The van der Waals surface area contributed by atoms with E-state index in [4.69, 9.17) is 4.74 Å². The van der Waals surface area contributed by atoms with Gasteiger partial charge in [-0.2, -0.15) is 0 Å². The molecule has 0 radical (unpaired) electrons. The molecule has 1 rings (SSSR count). The molecule has 22 heavy (non-hydrogen) atoms. The summed E-state index contributed by atoms with van der Waals surface area (Å²) in [5.74, 6) is -2.06. The number of hydrogen-bond acceptors (Lipinski definition) is 3. The van der Waals surface area contributed by atoms with E-state index < -0.39 is 17.3 Å². The van der Waals surface area contributed by atoms with Crippen LogP contribution in [-0.4, -0.2) is 29.6 Å². The fourth-order valence-corrected chi connectivity index (χ4v) is 1.92. The maximum atomic E-state index is 13.6. The number of hydrogen-bond donors (Lipinski definition) is 2. The number of aliphatic carboxylic acids is 1. The van der Waals surface area contributed by atoms with E-state index in [1.807, 2.05) is 0 Å². The quantitative estimate of drug-likeness (QED) is 0.810. The van der Waals surface area contributed by atoms with Crippen molar-refractivity contribution >= 4 is 11.9 Å². The lowest BCUT2D eigenvalue weighted by atomic mass is 9.88. The van der Waals surface area contributed by atoms with Gasteiger partial charge >= 0.3 is 5.97 Å². The molecular weight excluding hydrogens is 289 g/mol. The van der Waals surface area contributed by atoms with E-state index in [-0.39, 0.29) is 24.0 Å². The number of aryl methyl sites for hydroxylation is 1. The molecule has 0 spiro atoms. The van der Waals surface area contributed by atoms with Crippen LogP contribution < -0.4 is 10.1 Å². The van der Waals surface area contributed by atoms with Crippen molar-refractivity contribution in [3.8, 4) is 5.75 Å². The summed E-state index contributed by atoms with van der Waals surface area (Å²) in [5, 5.41) is 11.8. The normalized spacial score (nSPS) is 13.5. The fraction of sp³-hybridized carbons (Fsp3) is 0.500. The average Bonchev–Trinajstić information content (AvgIpc) is 2.44. The predicted octanol–water partition coefficient (Wildman–Crippen LogP) is 2.38. The molecule has 6 heteroatoms. The van der Waals surface area contributed by atoms with Crippen LogP contribution >= 0.6 is 0 Å². The van der Waals surface area contributed by atoms with Gasteiger partial charge in [0.2, 0.25) is 5.91 Å². The zero-order valence-electron chi connectivity index (χ0n) is 13.3. The van der Waals surface area contributed by atoms with Crippen LogP contribution in [-0.2, 0) is 16.0 Å². The molecule has 1 atom stereocenters. The molecule has 1 amide bonds. The Bertz CT molecular complexity index is 559. The number of ether oxygens (including phenoxy) is 1. The highest BCUT2D eigenvalue weighted by molar-refractivity contribution is 5.87. The van der Waals surface area contributed by atoms with Crippen LogP contribution in [0.25, 0.3) is 0 Å². The standard InChI is InChI=1S/C16H22FNO4/c1-10(2)16(3,15(20)21)18-14(19)8-6-11-5-7-13(22-4)12(17)9-11/h5,7,9-10H,6,8H2,1-4H3,(H,18,19)(H,20,21). The third-order valence-corrected chi connectivity index (χ3v) is 3.86. The third kappa shape index (κ3) is 4.19. The van der Waals surface area contributed by atoms with Gasteiger partial charge in [0.05, 0.1) is 7.11 Å². The van der Waals surface area contributed by atoms with E-state index in [1.165, 1.54) is 26.2 Å². The summed E-state index contributed by atoms with van der Waals surface area (Å²) < 4.78 is 18.4. The Labute approximate surface area is 129 Å². The van der Waals surface area contributed by atoms with Gasteiger partial charge in [0.1, 0.15) is 5.54 Å². The Kier molecular flexibility index (Phi) is 5.91. The summed E-state index contributed by atoms with van der Waals surface area (Å²) in [5.41, 5.74) is -0.669. The van der Waals surface area contributed by atoms with Crippen molar-refractivity contribution in [2.75, 3.05) is 7.11 Å². The van der Waals surface area contributed by atoms with E-state index in [2.05, 4.69) is 5.32 Å². The fourth-order valence-electron chi connectivity index (χ4n) is 1.92. The van der Waals surface area contributed by atoms with Gasteiger partial charge in [-0.3, -0.25) is 4.79 Å². The summed E-state index contributed by atoms with van der Waals surface area (Å²) in [6, 6.07) is 4.48. The third-order valence-electron chi connectivity index (χ3n) is 3.86. The molecule has 0 aliphatic rings. The molecule has 122 valence electrons. The number of amides is 1. The number of carboxylic acid groups (broad SMARTS) is 1. The molecule has 0 heterocycles. The van der Waals surface area contributed by atoms with E-state index in [0.717, 1.165) is 0 Å². The van der Waals surface area contributed by atoms with Crippen LogP contribution in [0.3, 0.4) is 0 Å². The highest BCUT2D eigenvalue weighted by Gasteiger charge is 2.37. The van der Waals surface area contributed by atoms with Gasteiger partial charge in [0.25, 0.3) is 0 Å². The molecule has 2 N–H and O–H groups in total. The first-order valence-electron chi connectivity index (χ1n) is 7.07. The summed E-state index contributed by atoms with van der Waals surface area (Å²) in [6.45, 7) is 4.94. The minimum Gasteiger partial charge on any atom is -0.494 e. The molecular formula is C16H22FNO4. The second-order valence-electron chi connectivity index (χ2n) is 5.68. The molecule has 0 fully saturated rings. The second kappa shape index (κ2) is 7.24. The van der Waals surface area contributed by atoms with E-state index in [1.54, 1.807) is 19.9 Å². The van der Waals surface area contributed by atoms with Gasteiger partial charge in [-0.05, 0) is 37.0 Å². The van der Waals surface area contributed by atoms with Crippen LogP contribution in [0, 0.1) is 11.7 Å². The zero-order valence-corrected chi connectivity index (χ0v) is 13.3. The largest absolute Gasteiger partial charge is 0.494 e.